The molecule has 0 saturated carbocycles. The molecule has 0 radical (unpaired) electrons. The smallest absolute Gasteiger partial charge is 0.123 e. The normalized spacial score (nSPS) is 15.4. The van der Waals surface area contributed by atoms with Crippen LogP contribution in [0.15, 0.2) is 29.2 Å². The summed E-state index contributed by atoms with van der Waals surface area (Å²) >= 11 is 1.71. The maximum absolute atomic E-state index is 10.2. The van der Waals surface area contributed by atoms with Crippen molar-refractivity contribution in [3.63, 3.8) is 0 Å². The van der Waals surface area contributed by atoms with Crippen LogP contribution >= 0.6 is 11.8 Å². The topological polar surface area (TPSA) is 20.2 Å². The molecule has 0 aliphatic carbocycles. The van der Waals surface area contributed by atoms with E-state index < -0.39 is 5.60 Å². The standard InChI is InChI=1S/C16H22OS/c1-5-13(2)12-16(3,17)11-10-14-6-8-15(18-4)9-7-14/h6-9,13,17H,5,12H2,1-4H3. The highest BCUT2D eigenvalue weighted by molar-refractivity contribution is 7.98. The summed E-state index contributed by atoms with van der Waals surface area (Å²) < 4.78 is 0. The molecule has 18 heavy (non-hydrogen) atoms. The first-order valence-corrected chi connectivity index (χ1v) is 7.59. The monoisotopic (exact) mass is 262 g/mol. The van der Waals surface area contributed by atoms with E-state index in [1.165, 1.54) is 4.90 Å². The Bertz CT molecular complexity index is 423. The van der Waals surface area contributed by atoms with Crippen LogP contribution in [0.5, 0.6) is 0 Å². The fraction of sp³-hybridized carbons (Fsp3) is 0.500. The maximum Gasteiger partial charge on any atom is 0.123 e. The van der Waals surface area contributed by atoms with E-state index in [1.54, 1.807) is 18.7 Å². The number of thioether (sulfide) groups is 1. The van der Waals surface area contributed by atoms with E-state index in [-0.39, 0.29) is 0 Å². The lowest BCUT2D eigenvalue weighted by atomic mass is 9.92. The molecule has 1 aromatic rings. The molecule has 2 heteroatoms. The molecule has 1 aromatic carbocycles. The molecule has 0 fully saturated rings. The van der Waals surface area contributed by atoms with Crippen molar-refractivity contribution in [2.75, 3.05) is 6.26 Å². The Morgan fingerprint density at radius 3 is 2.44 bits per heavy atom. The molecule has 0 heterocycles. The zero-order valence-corrected chi connectivity index (χ0v) is 12.5. The van der Waals surface area contributed by atoms with Gasteiger partial charge in [0.1, 0.15) is 5.60 Å². The van der Waals surface area contributed by atoms with Gasteiger partial charge < -0.3 is 5.11 Å². The molecule has 1 nitrogen and oxygen atoms in total. The zero-order chi connectivity index (χ0) is 13.6. The predicted molar refractivity (Wildman–Crippen MR) is 79.8 cm³/mol. The van der Waals surface area contributed by atoms with Crippen LogP contribution in [-0.4, -0.2) is 17.0 Å². The first-order valence-electron chi connectivity index (χ1n) is 6.36. The van der Waals surface area contributed by atoms with Crippen molar-refractivity contribution in [1.82, 2.24) is 0 Å². The Hall–Kier alpha value is -0.910. The molecule has 1 N–H and O–H groups in total. The van der Waals surface area contributed by atoms with Crippen LogP contribution in [-0.2, 0) is 0 Å². The third-order valence-corrected chi connectivity index (χ3v) is 3.75. The Kier molecular flexibility index (Phi) is 5.78. The summed E-state index contributed by atoms with van der Waals surface area (Å²) in [5.74, 6) is 6.53. The highest BCUT2D eigenvalue weighted by Crippen LogP contribution is 2.19. The lowest BCUT2D eigenvalue weighted by Gasteiger charge is -2.20. The molecule has 98 valence electrons. The number of benzene rings is 1. The van der Waals surface area contributed by atoms with Crippen molar-refractivity contribution >= 4 is 11.8 Å². The van der Waals surface area contributed by atoms with E-state index in [0.29, 0.717) is 5.92 Å². The molecule has 0 bridgehead atoms. The van der Waals surface area contributed by atoms with Gasteiger partial charge in [-0.15, -0.1) is 11.8 Å². The molecular formula is C16H22OS. The quantitative estimate of drug-likeness (QED) is 0.655. The summed E-state index contributed by atoms with van der Waals surface area (Å²) in [6.07, 6.45) is 3.84. The second-order valence-corrected chi connectivity index (χ2v) is 5.85. The molecule has 0 aliphatic heterocycles. The molecule has 2 unspecified atom stereocenters. The zero-order valence-electron chi connectivity index (χ0n) is 11.7. The van der Waals surface area contributed by atoms with Crippen LogP contribution in [0.2, 0.25) is 0 Å². The first-order chi connectivity index (χ1) is 8.46. The Morgan fingerprint density at radius 2 is 1.94 bits per heavy atom. The van der Waals surface area contributed by atoms with Crippen molar-refractivity contribution < 1.29 is 5.11 Å². The van der Waals surface area contributed by atoms with Crippen LogP contribution in [0.4, 0.5) is 0 Å². The number of hydrogen-bond donors (Lipinski definition) is 1. The second-order valence-electron chi connectivity index (χ2n) is 4.97. The molecule has 0 amide bonds. The fourth-order valence-corrected chi connectivity index (χ4v) is 2.16. The van der Waals surface area contributed by atoms with E-state index in [2.05, 4.69) is 44.1 Å². The highest BCUT2D eigenvalue weighted by atomic mass is 32.2. The maximum atomic E-state index is 10.2. The minimum atomic E-state index is -0.895. The minimum absolute atomic E-state index is 0.494. The summed E-state index contributed by atoms with van der Waals surface area (Å²) in [4.78, 5) is 1.23. The Labute approximate surface area is 115 Å². The second kappa shape index (κ2) is 6.87. The van der Waals surface area contributed by atoms with E-state index in [1.807, 2.05) is 12.1 Å². The molecular weight excluding hydrogens is 240 g/mol. The number of aliphatic hydroxyl groups is 1. The summed E-state index contributed by atoms with van der Waals surface area (Å²) in [5, 5.41) is 10.2. The van der Waals surface area contributed by atoms with E-state index in [4.69, 9.17) is 0 Å². The van der Waals surface area contributed by atoms with Crippen LogP contribution in [0, 0.1) is 17.8 Å². The molecule has 0 aromatic heterocycles. The van der Waals surface area contributed by atoms with Gasteiger partial charge in [0.15, 0.2) is 0 Å². The van der Waals surface area contributed by atoms with Crippen molar-refractivity contribution in [2.24, 2.45) is 5.92 Å². The van der Waals surface area contributed by atoms with E-state index in [9.17, 15) is 5.11 Å². The Morgan fingerprint density at radius 1 is 1.33 bits per heavy atom. The van der Waals surface area contributed by atoms with E-state index in [0.717, 1.165) is 18.4 Å². The van der Waals surface area contributed by atoms with E-state index >= 15 is 0 Å². The number of rotatable bonds is 4. The largest absolute Gasteiger partial charge is 0.378 e. The summed E-state index contributed by atoms with van der Waals surface area (Å²) in [6, 6.07) is 8.10. The van der Waals surface area contributed by atoms with Gasteiger partial charge in [0.05, 0.1) is 0 Å². The predicted octanol–water partition coefficient (Wildman–Crippen LogP) is 3.95. The van der Waals surface area contributed by atoms with Crippen molar-refractivity contribution in [3.8, 4) is 11.8 Å². The van der Waals surface area contributed by atoms with Gasteiger partial charge in [0, 0.05) is 10.5 Å². The summed E-state index contributed by atoms with van der Waals surface area (Å²) in [5.41, 5.74) is 0.0605. The van der Waals surface area contributed by atoms with Gasteiger partial charge in [0.2, 0.25) is 0 Å². The molecule has 1 rings (SSSR count). The average Bonchev–Trinajstić information content (AvgIpc) is 2.36. The van der Waals surface area contributed by atoms with Gasteiger partial charge in [-0.2, -0.15) is 0 Å². The lowest BCUT2D eigenvalue weighted by Crippen LogP contribution is -2.24. The third-order valence-electron chi connectivity index (χ3n) is 3.01. The van der Waals surface area contributed by atoms with Gasteiger partial charge in [-0.3, -0.25) is 0 Å². The summed E-state index contributed by atoms with van der Waals surface area (Å²) in [6.45, 7) is 6.07. The molecule has 0 aliphatic rings. The Balaban J connectivity index is 2.73. The minimum Gasteiger partial charge on any atom is -0.378 e. The van der Waals surface area contributed by atoms with Crippen LogP contribution in [0.1, 0.15) is 39.2 Å². The van der Waals surface area contributed by atoms with Crippen molar-refractivity contribution in [3.05, 3.63) is 29.8 Å². The summed E-state index contributed by atoms with van der Waals surface area (Å²) in [7, 11) is 0. The van der Waals surface area contributed by atoms with Crippen molar-refractivity contribution in [2.45, 2.75) is 44.1 Å². The third kappa shape index (κ3) is 5.16. The molecule has 2 atom stereocenters. The number of hydrogen-bond acceptors (Lipinski definition) is 2. The van der Waals surface area contributed by atoms with Gasteiger partial charge in [0.25, 0.3) is 0 Å². The van der Waals surface area contributed by atoms with Gasteiger partial charge in [-0.25, -0.2) is 0 Å². The highest BCUT2D eigenvalue weighted by Gasteiger charge is 2.19. The average molecular weight is 262 g/mol. The SMILES string of the molecule is CCC(C)CC(C)(O)C#Cc1ccc(SC)cc1. The molecule has 0 saturated heterocycles. The lowest BCUT2D eigenvalue weighted by molar-refractivity contribution is 0.0939. The first kappa shape index (κ1) is 15.1. The van der Waals surface area contributed by atoms with Crippen LogP contribution in [0.25, 0.3) is 0 Å². The van der Waals surface area contributed by atoms with Crippen LogP contribution in [0.3, 0.4) is 0 Å². The van der Waals surface area contributed by atoms with Gasteiger partial charge in [-0.1, -0.05) is 32.1 Å². The van der Waals surface area contributed by atoms with Gasteiger partial charge in [-0.05, 0) is 49.8 Å². The fourth-order valence-electron chi connectivity index (χ4n) is 1.76. The van der Waals surface area contributed by atoms with Crippen molar-refractivity contribution in [1.29, 1.82) is 0 Å². The molecule has 0 spiro atoms. The van der Waals surface area contributed by atoms with Crippen LogP contribution < -0.4 is 0 Å². The van der Waals surface area contributed by atoms with Gasteiger partial charge >= 0.3 is 0 Å².